The van der Waals surface area contributed by atoms with Gasteiger partial charge in [0.05, 0.1) is 0 Å². The molecule has 2 aromatic carbocycles. The largest absolute Gasteiger partial charge is 0.399 e. The molecule has 1 atom stereocenters. The number of hydrogen-bond donors (Lipinski definition) is 2. The molecule has 7 heteroatoms. The van der Waals surface area contributed by atoms with Gasteiger partial charge in [-0.1, -0.05) is 28.1 Å². The number of anilines is 1. The van der Waals surface area contributed by atoms with E-state index >= 15 is 0 Å². The van der Waals surface area contributed by atoms with Gasteiger partial charge in [-0.3, -0.25) is 0 Å². The van der Waals surface area contributed by atoms with E-state index in [2.05, 4.69) is 20.7 Å². The van der Waals surface area contributed by atoms with Gasteiger partial charge in [0, 0.05) is 16.2 Å². The van der Waals surface area contributed by atoms with E-state index in [1.165, 1.54) is 6.07 Å². The summed E-state index contributed by atoms with van der Waals surface area (Å²) in [4.78, 5) is -0.416. The van der Waals surface area contributed by atoms with Gasteiger partial charge in [0.25, 0.3) is 0 Å². The molecule has 0 saturated carbocycles. The van der Waals surface area contributed by atoms with Crippen molar-refractivity contribution in [3.05, 3.63) is 58.3 Å². The Bertz CT molecular complexity index is 748. The molecule has 3 N–H and O–H groups in total. The molecule has 0 aliphatic heterocycles. The van der Waals surface area contributed by atoms with Gasteiger partial charge in [-0.2, -0.15) is 0 Å². The van der Waals surface area contributed by atoms with Crippen LogP contribution in [0.1, 0.15) is 18.5 Å². The molecule has 112 valence electrons. The highest BCUT2D eigenvalue weighted by Crippen LogP contribution is 2.21. The fourth-order valence-electron chi connectivity index (χ4n) is 1.85. The van der Waals surface area contributed by atoms with E-state index in [0.717, 1.165) is 22.2 Å². The average Bonchev–Trinajstić information content (AvgIpc) is 2.38. The topological polar surface area (TPSA) is 72.2 Å². The quantitative estimate of drug-likeness (QED) is 0.809. The monoisotopic (exact) mass is 372 g/mol. The lowest BCUT2D eigenvalue weighted by Gasteiger charge is -2.15. The first kappa shape index (κ1) is 15.9. The number of halogens is 2. The molecule has 0 unspecified atom stereocenters. The van der Waals surface area contributed by atoms with Crippen LogP contribution in [0, 0.1) is 5.82 Å². The summed E-state index contributed by atoms with van der Waals surface area (Å²) in [5, 5.41) is 0. The lowest BCUT2D eigenvalue weighted by atomic mass is 10.1. The van der Waals surface area contributed by atoms with Crippen molar-refractivity contribution in [2.24, 2.45) is 0 Å². The summed E-state index contributed by atoms with van der Waals surface area (Å²) in [6, 6.07) is 10.2. The predicted octanol–water partition coefficient (Wildman–Crippen LogP) is 3.21. The Morgan fingerprint density at radius 2 is 1.81 bits per heavy atom. The van der Waals surface area contributed by atoms with E-state index in [-0.39, 0.29) is 5.69 Å². The lowest BCUT2D eigenvalue weighted by Crippen LogP contribution is -2.27. The fraction of sp³-hybridized carbons (Fsp3) is 0.143. The molecular formula is C14H14BrFN2O2S. The molecule has 0 radical (unpaired) electrons. The molecule has 0 saturated heterocycles. The van der Waals surface area contributed by atoms with Crippen molar-refractivity contribution in [3.8, 4) is 0 Å². The number of sulfonamides is 1. The predicted molar refractivity (Wildman–Crippen MR) is 83.7 cm³/mol. The van der Waals surface area contributed by atoms with Gasteiger partial charge in [-0.15, -0.1) is 0 Å². The van der Waals surface area contributed by atoms with Crippen molar-refractivity contribution in [1.29, 1.82) is 0 Å². The van der Waals surface area contributed by atoms with Gasteiger partial charge in [0.1, 0.15) is 10.7 Å². The molecule has 0 amide bonds. The smallest absolute Gasteiger partial charge is 0.244 e. The summed E-state index contributed by atoms with van der Waals surface area (Å²) in [5.41, 5.74) is 6.37. The van der Waals surface area contributed by atoms with Crippen LogP contribution >= 0.6 is 15.9 Å². The highest BCUT2D eigenvalue weighted by atomic mass is 79.9. The van der Waals surface area contributed by atoms with E-state index in [1.807, 2.05) is 12.1 Å². The van der Waals surface area contributed by atoms with Crippen molar-refractivity contribution in [3.63, 3.8) is 0 Å². The first-order valence-corrected chi connectivity index (χ1v) is 8.40. The summed E-state index contributed by atoms with van der Waals surface area (Å²) in [6.45, 7) is 1.69. The van der Waals surface area contributed by atoms with Gasteiger partial charge in [-0.25, -0.2) is 17.5 Å². The maximum Gasteiger partial charge on any atom is 0.244 e. The van der Waals surface area contributed by atoms with Crippen molar-refractivity contribution < 1.29 is 12.8 Å². The minimum Gasteiger partial charge on any atom is -0.399 e. The summed E-state index contributed by atoms with van der Waals surface area (Å²) >= 11 is 3.31. The Kier molecular flexibility index (Phi) is 4.65. The second kappa shape index (κ2) is 6.13. The van der Waals surface area contributed by atoms with Gasteiger partial charge in [0.15, 0.2) is 0 Å². The Balaban J connectivity index is 2.26. The third kappa shape index (κ3) is 3.81. The fourth-order valence-corrected chi connectivity index (χ4v) is 3.41. The second-order valence-corrected chi connectivity index (χ2v) is 7.18. The summed E-state index contributed by atoms with van der Waals surface area (Å²) in [7, 11) is -3.96. The number of nitrogens with two attached hydrogens (primary N) is 1. The molecule has 0 spiro atoms. The standard InChI is InChI=1S/C14H14BrFN2O2S/c1-9(10-2-4-11(15)5-3-10)18-21(19,20)14-7-6-12(17)8-13(14)16/h2-9,18H,17H2,1H3/t9-/m0/s1. The Hall–Kier alpha value is -1.44. The summed E-state index contributed by atoms with van der Waals surface area (Å²) in [6.07, 6.45) is 0. The van der Waals surface area contributed by atoms with E-state index in [0.29, 0.717) is 0 Å². The Labute approximate surface area is 131 Å². The Morgan fingerprint density at radius 1 is 1.19 bits per heavy atom. The molecule has 0 aliphatic rings. The number of benzene rings is 2. The first-order chi connectivity index (χ1) is 9.79. The van der Waals surface area contributed by atoms with Crippen molar-refractivity contribution in [1.82, 2.24) is 4.72 Å². The molecule has 4 nitrogen and oxygen atoms in total. The lowest BCUT2D eigenvalue weighted by molar-refractivity contribution is 0.547. The van der Waals surface area contributed by atoms with E-state index in [9.17, 15) is 12.8 Å². The van der Waals surface area contributed by atoms with Crippen LogP contribution in [0.5, 0.6) is 0 Å². The molecule has 2 aromatic rings. The van der Waals surface area contributed by atoms with Crippen molar-refractivity contribution in [2.75, 3.05) is 5.73 Å². The van der Waals surface area contributed by atoms with Crippen LogP contribution in [0.25, 0.3) is 0 Å². The molecule has 0 aliphatic carbocycles. The van der Waals surface area contributed by atoms with E-state index in [1.54, 1.807) is 19.1 Å². The molecule has 0 aromatic heterocycles. The maximum atomic E-state index is 13.7. The summed E-state index contributed by atoms with van der Waals surface area (Å²) < 4.78 is 41.5. The van der Waals surface area contributed by atoms with Gasteiger partial charge < -0.3 is 5.73 Å². The van der Waals surface area contributed by atoms with Crippen LogP contribution < -0.4 is 10.5 Å². The number of nitrogens with one attached hydrogen (secondary N) is 1. The van der Waals surface area contributed by atoms with Crippen LogP contribution in [-0.2, 0) is 10.0 Å². The summed E-state index contributed by atoms with van der Waals surface area (Å²) in [5.74, 6) is -0.870. The van der Waals surface area contributed by atoms with Crippen molar-refractivity contribution in [2.45, 2.75) is 17.9 Å². The van der Waals surface area contributed by atoms with Gasteiger partial charge >= 0.3 is 0 Å². The minimum atomic E-state index is -3.96. The third-order valence-electron chi connectivity index (χ3n) is 2.95. The second-order valence-electron chi connectivity index (χ2n) is 4.58. The molecular weight excluding hydrogens is 359 g/mol. The zero-order chi connectivity index (χ0) is 15.6. The maximum absolute atomic E-state index is 13.7. The SMILES string of the molecule is C[C@H](NS(=O)(=O)c1ccc(N)cc1F)c1ccc(Br)cc1. The van der Waals surface area contributed by atoms with Gasteiger partial charge in [-0.05, 0) is 42.8 Å². The molecule has 0 bridgehead atoms. The third-order valence-corrected chi connectivity index (χ3v) is 5.05. The number of nitrogen functional groups attached to an aromatic ring is 1. The number of rotatable bonds is 4. The van der Waals surface area contributed by atoms with Crippen LogP contribution in [-0.4, -0.2) is 8.42 Å². The van der Waals surface area contributed by atoms with E-state index in [4.69, 9.17) is 5.73 Å². The average molecular weight is 373 g/mol. The van der Waals surface area contributed by atoms with Crippen LogP contribution in [0.3, 0.4) is 0 Å². The highest BCUT2D eigenvalue weighted by molar-refractivity contribution is 9.10. The highest BCUT2D eigenvalue weighted by Gasteiger charge is 2.22. The van der Waals surface area contributed by atoms with Crippen LogP contribution in [0.2, 0.25) is 0 Å². The van der Waals surface area contributed by atoms with Crippen molar-refractivity contribution >= 4 is 31.6 Å². The minimum absolute atomic E-state index is 0.174. The first-order valence-electron chi connectivity index (χ1n) is 6.12. The zero-order valence-electron chi connectivity index (χ0n) is 11.2. The number of hydrogen-bond acceptors (Lipinski definition) is 3. The van der Waals surface area contributed by atoms with E-state index < -0.39 is 26.8 Å². The zero-order valence-corrected chi connectivity index (χ0v) is 13.6. The molecule has 0 fully saturated rings. The molecule has 21 heavy (non-hydrogen) atoms. The molecule has 0 heterocycles. The normalized spacial score (nSPS) is 13.1. The molecule has 2 rings (SSSR count). The Morgan fingerprint density at radius 3 is 2.38 bits per heavy atom. The van der Waals surface area contributed by atoms with Crippen LogP contribution in [0.15, 0.2) is 51.8 Å². The van der Waals surface area contributed by atoms with Crippen LogP contribution in [0.4, 0.5) is 10.1 Å². The van der Waals surface area contributed by atoms with Gasteiger partial charge in [0.2, 0.25) is 10.0 Å².